The van der Waals surface area contributed by atoms with Crippen LogP contribution in [0.25, 0.3) is 5.57 Å². The molecule has 0 aliphatic heterocycles. The van der Waals surface area contributed by atoms with Gasteiger partial charge in [-0.05, 0) is 35.6 Å². The molecule has 0 heterocycles. The van der Waals surface area contributed by atoms with Gasteiger partial charge in [0.1, 0.15) is 17.7 Å². The first-order chi connectivity index (χ1) is 10.1. The fourth-order valence-corrected chi connectivity index (χ4v) is 3.13. The van der Waals surface area contributed by atoms with Crippen LogP contribution in [0.5, 0.6) is 0 Å². The van der Waals surface area contributed by atoms with Gasteiger partial charge in [0.05, 0.1) is 0 Å². The summed E-state index contributed by atoms with van der Waals surface area (Å²) in [4.78, 5) is 0. The molecule has 0 spiro atoms. The second-order valence-electron chi connectivity index (χ2n) is 4.63. The summed E-state index contributed by atoms with van der Waals surface area (Å²) >= 11 is 3.23. The molecule has 0 N–H and O–H groups in total. The number of nitrogens with zero attached hydrogens (tertiary/aromatic N) is 2. The highest BCUT2D eigenvalue weighted by atomic mass is 32.2. The molecule has 0 saturated heterocycles. The molecule has 0 fully saturated rings. The monoisotopic (exact) mass is 314 g/mol. The van der Waals surface area contributed by atoms with Crippen LogP contribution in [0, 0.1) is 22.7 Å². The molecule has 4 heteroatoms. The molecule has 0 radical (unpaired) electrons. The van der Waals surface area contributed by atoms with Gasteiger partial charge in [-0.25, -0.2) is 0 Å². The first-order valence-corrected chi connectivity index (χ1v) is 8.97. The van der Waals surface area contributed by atoms with Crippen LogP contribution in [-0.2, 0) is 0 Å². The molecule has 1 aromatic carbocycles. The standard InChI is InChI=1S/C17H18N2S2/c1-12(2)14-7-5-6-8-15(14)16(13(10-18)11-19)9-17(20-3)21-4/h5-9,12H,1-4H3. The van der Waals surface area contributed by atoms with E-state index in [1.807, 2.05) is 48.9 Å². The normalized spacial score (nSPS) is 9.67. The maximum Gasteiger partial charge on any atom is 0.137 e. The zero-order valence-electron chi connectivity index (χ0n) is 12.7. The molecule has 0 amide bonds. The third kappa shape index (κ3) is 4.43. The van der Waals surface area contributed by atoms with Crippen LogP contribution in [0.15, 0.2) is 40.2 Å². The van der Waals surface area contributed by atoms with Gasteiger partial charge in [0, 0.05) is 9.81 Å². The average molecular weight is 314 g/mol. The molecule has 2 nitrogen and oxygen atoms in total. The largest absolute Gasteiger partial charge is 0.192 e. The highest BCUT2D eigenvalue weighted by Crippen LogP contribution is 2.33. The number of benzene rings is 1. The lowest BCUT2D eigenvalue weighted by Gasteiger charge is -2.14. The minimum atomic E-state index is 0.156. The third-order valence-corrected chi connectivity index (χ3v) is 5.07. The van der Waals surface area contributed by atoms with E-state index in [-0.39, 0.29) is 5.57 Å². The Labute approximate surface area is 135 Å². The van der Waals surface area contributed by atoms with E-state index in [1.54, 1.807) is 23.5 Å². The molecule has 0 unspecified atom stereocenters. The van der Waals surface area contributed by atoms with E-state index in [0.29, 0.717) is 11.5 Å². The van der Waals surface area contributed by atoms with Gasteiger partial charge in [0.15, 0.2) is 0 Å². The zero-order valence-corrected chi connectivity index (χ0v) is 14.3. The molecule has 108 valence electrons. The number of allylic oxidation sites excluding steroid dienone is 3. The molecule has 0 saturated carbocycles. The van der Waals surface area contributed by atoms with E-state index in [4.69, 9.17) is 0 Å². The fourth-order valence-electron chi connectivity index (χ4n) is 1.99. The maximum atomic E-state index is 9.27. The fraction of sp³-hybridized carbons (Fsp3) is 0.294. The number of nitriles is 2. The van der Waals surface area contributed by atoms with Crippen LogP contribution in [-0.4, -0.2) is 12.5 Å². The molecule has 1 aromatic rings. The van der Waals surface area contributed by atoms with Crippen molar-refractivity contribution in [2.24, 2.45) is 0 Å². The average Bonchev–Trinajstić information content (AvgIpc) is 2.51. The van der Waals surface area contributed by atoms with Crippen LogP contribution in [0.4, 0.5) is 0 Å². The molecule has 0 atom stereocenters. The van der Waals surface area contributed by atoms with Gasteiger partial charge in [-0.15, -0.1) is 23.5 Å². The molecular formula is C17H18N2S2. The first-order valence-electron chi connectivity index (χ1n) is 6.52. The lowest BCUT2D eigenvalue weighted by atomic mass is 9.90. The van der Waals surface area contributed by atoms with Crippen LogP contribution in [0.2, 0.25) is 0 Å². The minimum absolute atomic E-state index is 0.156. The molecule has 0 aromatic heterocycles. The Hall–Kier alpha value is -1.62. The second-order valence-corrected chi connectivity index (χ2v) is 6.58. The molecule has 0 bridgehead atoms. The van der Waals surface area contributed by atoms with Gasteiger partial charge in [-0.1, -0.05) is 38.1 Å². The quantitative estimate of drug-likeness (QED) is 0.555. The van der Waals surface area contributed by atoms with Gasteiger partial charge < -0.3 is 0 Å². The smallest absolute Gasteiger partial charge is 0.137 e. The summed E-state index contributed by atoms with van der Waals surface area (Å²) in [5.74, 6) is 0.329. The Morgan fingerprint density at radius 2 is 1.67 bits per heavy atom. The van der Waals surface area contributed by atoms with Crippen molar-refractivity contribution < 1.29 is 0 Å². The summed E-state index contributed by atoms with van der Waals surface area (Å²) in [5, 5.41) is 18.5. The minimum Gasteiger partial charge on any atom is -0.192 e. The SMILES string of the molecule is CSC(=CC(=C(C#N)C#N)c1ccccc1C(C)C)SC. The molecule has 0 aliphatic rings. The van der Waals surface area contributed by atoms with Crippen molar-refractivity contribution >= 4 is 29.1 Å². The van der Waals surface area contributed by atoms with E-state index < -0.39 is 0 Å². The Bertz CT molecular complexity index is 621. The summed E-state index contributed by atoms with van der Waals surface area (Å²) in [6.07, 6.45) is 5.93. The topological polar surface area (TPSA) is 47.6 Å². The van der Waals surface area contributed by atoms with Crippen molar-refractivity contribution in [1.29, 1.82) is 10.5 Å². The summed E-state index contributed by atoms with van der Waals surface area (Å²) in [6.45, 7) is 4.23. The van der Waals surface area contributed by atoms with Crippen molar-refractivity contribution in [1.82, 2.24) is 0 Å². The van der Waals surface area contributed by atoms with E-state index in [1.165, 1.54) is 0 Å². The maximum absolute atomic E-state index is 9.27. The lowest BCUT2D eigenvalue weighted by molar-refractivity contribution is 0.863. The van der Waals surface area contributed by atoms with Crippen LogP contribution >= 0.6 is 23.5 Å². The summed E-state index contributed by atoms with van der Waals surface area (Å²) < 4.78 is 1.08. The van der Waals surface area contributed by atoms with Crippen molar-refractivity contribution in [3.8, 4) is 12.1 Å². The number of rotatable bonds is 5. The Morgan fingerprint density at radius 1 is 1.10 bits per heavy atom. The summed E-state index contributed by atoms with van der Waals surface area (Å²) in [5.41, 5.74) is 2.98. The van der Waals surface area contributed by atoms with Crippen LogP contribution in [0.3, 0.4) is 0 Å². The Kier molecular flexibility index (Phi) is 7.15. The highest BCUT2D eigenvalue weighted by Gasteiger charge is 2.14. The van der Waals surface area contributed by atoms with E-state index in [2.05, 4.69) is 19.9 Å². The predicted octanol–water partition coefficient (Wildman–Crippen LogP) is 5.18. The molecule has 0 aliphatic carbocycles. The van der Waals surface area contributed by atoms with Crippen LogP contribution in [0.1, 0.15) is 30.9 Å². The first kappa shape index (κ1) is 17.4. The highest BCUT2D eigenvalue weighted by molar-refractivity contribution is 8.21. The lowest BCUT2D eigenvalue weighted by Crippen LogP contribution is -1.97. The van der Waals surface area contributed by atoms with Gasteiger partial charge in [0.25, 0.3) is 0 Å². The van der Waals surface area contributed by atoms with E-state index in [0.717, 1.165) is 15.4 Å². The molecule has 21 heavy (non-hydrogen) atoms. The predicted molar refractivity (Wildman–Crippen MR) is 93.8 cm³/mol. The van der Waals surface area contributed by atoms with Crippen molar-refractivity contribution in [3.05, 3.63) is 51.3 Å². The van der Waals surface area contributed by atoms with Gasteiger partial charge in [0.2, 0.25) is 0 Å². The van der Waals surface area contributed by atoms with Gasteiger partial charge in [-0.2, -0.15) is 10.5 Å². The summed E-state index contributed by atoms with van der Waals surface area (Å²) in [7, 11) is 0. The van der Waals surface area contributed by atoms with Gasteiger partial charge in [-0.3, -0.25) is 0 Å². The molecular weight excluding hydrogens is 296 g/mol. The van der Waals surface area contributed by atoms with Crippen molar-refractivity contribution in [3.63, 3.8) is 0 Å². The number of hydrogen-bond donors (Lipinski definition) is 0. The van der Waals surface area contributed by atoms with Crippen molar-refractivity contribution in [2.45, 2.75) is 19.8 Å². The van der Waals surface area contributed by atoms with E-state index in [9.17, 15) is 10.5 Å². The molecule has 1 rings (SSSR count). The number of thioether (sulfide) groups is 2. The van der Waals surface area contributed by atoms with Gasteiger partial charge >= 0.3 is 0 Å². The Morgan fingerprint density at radius 3 is 2.14 bits per heavy atom. The van der Waals surface area contributed by atoms with Crippen LogP contribution < -0.4 is 0 Å². The zero-order chi connectivity index (χ0) is 15.8. The number of hydrogen-bond acceptors (Lipinski definition) is 4. The van der Waals surface area contributed by atoms with E-state index >= 15 is 0 Å². The summed E-state index contributed by atoms with van der Waals surface area (Å²) in [6, 6.07) is 12.0. The third-order valence-electron chi connectivity index (χ3n) is 3.03. The second kappa shape index (κ2) is 8.62. The van der Waals surface area contributed by atoms with Crippen molar-refractivity contribution in [2.75, 3.05) is 12.5 Å². The Balaban J connectivity index is 3.63.